The Kier molecular flexibility index (Phi) is 14.6. The van der Waals surface area contributed by atoms with Crippen LogP contribution in [0.1, 0.15) is 25.7 Å². The standard InChI is InChI=1S/C22H44N6O10.CH2O3/c23-4-3-12(30)20(34)28-11-5-10(26)18(37-21-9(25)2-1-8(6-24)35-21)17(33)19(11)38-22-16(32)14(27)15(31)13(7-29)36-22;2-1(3)4/h8-19,21-22,29-33H,1-7,23-27H2,(H,28,34);(H2,2,3,4)/t8-,9+,10-,11+,12-,13+,14-,15+,16+,17-,18+,19-,21+,22+;/m0./s1. The molecule has 1 saturated carbocycles. The Labute approximate surface area is 241 Å². The summed E-state index contributed by atoms with van der Waals surface area (Å²) in [5.41, 5.74) is 29.6. The van der Waals surface area contributed by atoms with Gasteiger partial charge in [-0.25, -0.2) is 4.79 Å². The highest BCUT2D eigenvalue weighted by Gasteiger charge is 2.51. The third-order valence-electron chi connectivity index (χ3n) is 7.37. The molecule has 2 saturated heterocycles. The topological polar surface area (TPSA) is 355 Å². The van der Waals surface area contributed by atoms with Crippen molar-refractivity contribution in [3.8, 4) is 0 Å². The Morgan fingerprint density at radius 2 is 1.52 bits per heavy atom. The number of ether oxygens (including phenoxy) is 4. The van der Waals surface area contributed by atoms with Crippen molar-refractivity contribution in [1.29, 1.82) is 0 Å². The molecule has 0 aromatic rings. The molecule has 0 bridgehead atoms. The van der Waals surface area contributed by atoms with Crippen molar-refractivity contribution in [3.63, 3.8) is 0 Å². The summed E-state index contributed by atoms with van der Waals surface area (Å²) in [5, 5.41) is 68.3. The summed E-state index contributed by atoms with van der Waals surface area (Å²) in [6.07, 6.45) is -12.7. The fourth-order valence-electron chi connectivity index (χ4n) is 5.02. The van der Waals surface area contributed by atoms with Gasteiger partial charge in [-0.05, 0) is 32.2 Å². The van der Waals surface area contributed by atoms with Crippen molar-refractivity contribution in [1.82, 2.24) is 5.32 Å². The predicted octanol–water partition coefficient (Wildman–Crippen LogP) is -6.18. The Hall–Kier alpha value is -1.82. The van der Waals surface area contributed by atoms with Crippen molar-refractivity contribution < 1.29 is 64.3 Å². The van der Waals surface area contributed by atoms with E-state index in [1.54, 1.807) is 0 Å². The highest BCUT2D eigenvalue weighted by atomic mass is 16.7. The lowest BCUT2D eigenvalue weighted by Crippen LogP contribution is -2.69. The van der Waals surface area contributed by atoms with Crippen LogP contribution < -0.4 is 34.0 Å². The minimum absolute atomic E-state index is 0.000983. The van der Waals surface area contributed by atoms with Gasteiger partial charge in [-0.3, -0.25) is 4.79 Å². The van der Waals surface area contributed by atoms with Crippen LogP contribution in [0, 0.1) is 0 Å². The highest BCUT2D eigenvalue weighted by Crippen LogP contribution is 2.31. The summed E-state index contributed by atoms with van der Waals surface area (Å²) < 4.78 is 23.3. The second-order valence-electron chi connectivity index (χ2n) is 10.5. The SMILES string of the molecule is NCC[C@H](O)C(=O)N[C@@H]1C[C@H](N)[C@@H](O[C@H]2O[C@H](CN)CC[C@H]2N)[C@H](O)[C@H]1O[C@H]1O[C@H](CO)[C@@H](O)[C@H](N)[C@H]1O.O=C(O)O. The first-order valence-corrected chi connectivity index (χ1v) is 13.6. The number of carbonyl (C=O) groups excluding carboxylic acids is 1. The van der Waals surface area contributed by atoms with E-state index in [-0.39, 0.29) is 32.0 Å². The van der Waals surface area contributed by atoms with Gasteiger partial charge in [-0.2, -0.15) is 0 Å². The zero-order chi connectivity index (χ0) is 31.7. The van der Waals surface area contributed by atoms with Gasteiger partial charge in [0.05, 0.1) is 30.8 Å². The number of rotatable bonds is 10. The van der Waals surface area contributed by atoms with Gasteiger partial charge >= 0.3 is 6.16 Å². The first-order valence-electron chi connectivity index (χ1n) is 13.6. The summed E-state index contributed by atoms with van der Waals surface area (Å²) in [4.78, 5) is 21.1. The molecule has 0 aromatic carbocycles. The molecule has 3 aliphatic rings. The van der Waals surface area contributed by atoms with E-state index in [9.17, 15) is 30.3 Å². The van der Waals surface area contributed by atoms with Crippen LogP contribution in [0.25, 0.3) is 0 Å². The Bertz CT molecular complexity index is 843. The van der Waals surface area contributed by atoms with Crippen LogP contribution in [0.5, 0.6) is 0 Å². The van der Waals surface area contributed by atoms with Crippen LogP contribution in [0.3, 0.4) is 0 Å². The molecule has 2 heterocycles. The van der Waals surface area contributed by atoms with Gasteiger partial charge in [0, 0.05) is 12.6 Å². The van der Waals surface area contributed by atoms with Gasteiger partial charge in [0.25, 0.3) is 0 Å². The van der Waals surface area contributed by atoms with E-state index in [1.807, 2.05) is 0 Å². The zero-order valence-corrected chi connectivity index (χ0v) is 23.0. The molecular formula is C23H46N6O13. The van der Waals surface area contributed by atoms with E-state index >= 15 is 0 Å². The van der Waals surface area contributed by atoms with Crippen LogP contribution in [0.4, 0.5) is 4.79 Å². The minimum Gasteiger partial charge on any atom is -0.450 e. The first-order chi connectivity index (χ1) is 19.7. The molecule has 1 amide bonds. The van der Waals surface area contributed by atoms with Gasteiger partial charge in [-0.15, -0.1) is 0 Å². The fraction of sp³-hybridized carbons (Fsp3) is 0.913. The Morgan fingerprint density at radius 1 is 0.905 bits per heavy atom. The maximum atomic E-state index is 12.6. The smallest absolute Gasteiger partial charge is 0.450 e. The van der Waals surface area contributed by atoms with Crippen molar-refractivity contribution in [2.24, 2.45) is 28.7 Å². The van der Waals surface area contributed by atoms with Crippen LogP contribution >= 0.6 is 0 Å². The molecule has 0 aromatic heterocycles. The molecule has 1 aliphatic carbocycles. The molecule has 0 radical (unpaired) electrons. The predicted molar refractivity (Wildman–Crippen MR) is 141 cm³/mol. The molecular weight excluding hydrogens is 568 g/mol. The Balaban J connectivity index is 0.00000144. The zero-order valence-electron chi connectivity index (χ0n) is 23.0. The number of nitrogens with two attached hydrogens (primary N) is 5. The number of hydrogen-bond acceptors (Lipinski definition) is 16. The van der Waals surface area contributed by atoms with E-state index in [2.05, 4.69) is 5.32 Å². The normalized spacial score (nSPS) is 41.2. The van der Waals surface area contributed by atoms with Gasteiger partial charge in [-0.1, -0.05) is 0 Å². The van der Waals surface area contributed by atoms with Gasteiger partial charge in [0.1, 0.15) is 42.7 Å². The monoisotopic (exact) mass is 614 g/mol. The van der Waals surface area contributed by atoms with Crippen LogP contribution in [0.15, 0.2) is 0 Å². The Morgan fingerprint density at radius 3 is 2.10 bits per heavy atom. The molecule has 0 unspecified atom stereocenters. The van der Waals surface area contributed by atoms with Gasteiger partial charge < -0.3 is 88.7 Å². The third-order valence-corrected chi connectivity index (χ3v) is 7.37. The molecule has 42 heavy (non-hydrogen) atoms. The van der Waals surface area contributed by atoms with Crippen molar-refractivity contribution in [2.45, 2.75) is 111 Å². The summed E-state index contributed by atoms with van der Waals surface area (Å²) in [6, 6.07) is -3.54. The second kappa shape index (κ2) is 16.9. The summed E-state index contributed by atoms with van der Waals surface area (Å²) in [7, 11) is 0. The number of hydrogen-bond donors (Lipinski definition) is 13. The van der Waals surface area contributed by atoms with Crippen molar-refractivity contribution in [2.75, 3.05) is 19.7 Å². The average Bonchev–Trinajstić information content (AvgIpc) is 2.93. The molecule has 2 aliphatic heterocycles. The number of aliphatic hydroxyl groups excluding tert-OH is 5. The number of amides is 1. The largest absolute Gasteiger partial charge is 0.503 e. The van der Waals surface area contributed by atoms with Crippen LogP contribution in [0.2, 0.25) is 0 Å². The molecule has 246 valence electrons. The summed E-state index contributed by atoms with van der Waals surface area (Å²) >= 11 is 0. The minimum atomic E-state index is -1.83. The fourth-order valence-corrected chi connectivity index (χ4v) is 5.02. The van der Waals surface area contributed by atoms with Gasteiger partial charge in [0.2, 0.25) is 5.91 Å². The average molecular weight is 615 g/mol. The molecule has 18 N–H and O–H groups in total. The second-order valence-corrected chi connectivity index (χ2v) is 10.5. The van der Waals surface area contributed by atoms with Crippen LogP contribution in [-0.2, 0) is 23.7 Å². The van der Waals surface area contributed by atoms with E-state index in [0.29, 0.717) is 12.8 Å². The van der Waals surface area contributed by atoms with E-state index in [4.69, 9.17) is 62.6 Å². The molecule has 14 atom stereocenters. The maximum Gasteiger partial charge on any atom is 0.503 e. The molecule has 3 rings (SSSR count). The lowest BCUT2D eigenvalue weighted by molar-refractivity contribution is -0.314. The lowest BCUT2D eigenvalue weighted by atomic mass is 9.83. The number of nitrogens with one attached hydrogen (secondary N) is 1. The molecule has 0 spiro atoms. The number of aliphatic hydroxyl groups is 5. The number of carboxylic acid groups (broad SMARTS) is 2. The highest BCUT2D eigenvalue weighted by molar-refractivity contribution is 5.80. The van der Waals surface area contributed by atoms with E-state index in [1.165, 1.54) is 0 Å². The summed E-state index contributed by atoms with van der Waals surface area (Å²) in [6.45, 7) is -0.296. The van der Waals surface area contributed by atoms with E-state index < -0.39 is 98.1 Å². The van der Waals surface area contributed by atoms with Crippen molar-refractivity contribution in [3.05, 3.63) is 0 Å². The molecule has 19 heteroatoms. The maximum absolute atomic E-state index is 12.6. The molecule has 19 nitrogen and oxygen atoms in total. The number of carbonyl (C=O) groups is 2. The quantitative estimate of drug-likeness (QED) is 0.109. The molecule has 3 fully saturated rings. The van der Waals surface area contributed by atoms with Gasteiger partial charge in [0.15, 0.2) is 12.6 Å². The first kappa shape index (κ1) is 36.4. The summed E-state index contributed by atoms with van der Waals surface area (Å²) in [5.74, 6) is -0.762. The van der Waals surface area contributed by atoms with Crippen LogP contribution in [-0.4, -0.2) is 153 Å². The lowest BCUT2D eigenvalue weighted by Gasteiger charge is -2.48. The van der Waals surface area contributed by atoms with E-state index in [0.717, 1.165) is 0 Å². The van der Waals surface area contributed by atoms with Crippen molar-refractivity contribution >= 4 is 12.1 Å². The third kappa shape index (κ3) is 9.59.